The lowest BCUT2D eigenvalue weighted by Gasteiger charge is -2.43. The Morgan fingerprint density at radius 2 is 2.00 bits per heavy atom. The van der Waals surface area contributed by atoms with Crippen molar-refractivity contribution in [2.24, 2.45) is 11.3 Å². The number of Topliss-reactive ketones (excluding diaryl/α,β-unsaturated/α-hetero) is 1. The van der Waals surface area contributed by atoms with Gasteiger partial charge in [0.2, 0.25) is 0 Å². The van der Waals surface area contributed by atoms with Gasteiger partial charge in [-0.3, -0.25) is 9.59 Å². The van der Waals surface area contributed by atoms with E-state index in [2.05, 4.69) is 11.7 Å². The number of carbonyl (C=O) groups excluding carboxylic acids is 2. The van der Waals surface area contributed by atoms with Crippen LogP contribution in [-0.4, -0.2) is 18.9 Å². The Morgan fingerprint density at radius 3 is 2.31 bits per heavy atom. The second-order valence-corrected chi connectivity index (χ2v) is 3.81. The Kier molecular flexibility index (Phi) is 2.74. The van der Waals surface area contributed by atoms with Gasteiger partial charge in [-0.1, -0.05) is 13.3 Å². The van der Waals surface area contributed by atoms with Crippen molar-refractivity contribution in [2.75, 3.05) is 7.11 Å². The Morgan fingerprint density at radius 1 is 1.46 bits per heavy atom. The van der Waals surface area contributed by atoms with Crippen molar-refractivity contribution in [1.29, 1.82) is 0 Å². The van der Waals surface area contributed by atoms with Crippen LogP contribution in [-0.2, 0) is 14.3 Å². The SMILES string of the molecule is CCC1CC(C(C)=O)(C(=O)OC)C1. The van der Waals surface area contributed by atoms with Crippen LogP contribution in [0.4, 0.5) is 0 Å². The zero-order chi connectivity index (χ0) is 10.1. The van der Waals surface area contributed by atoms with Crippen molar-refractivity contribution in [3.63, 3.8) is 0 Å². The lowest BCUT2D eigenvalue weighted by Crippen LogP contribution is -2.49. The molecular formula is C10H16O3. The van der Waals surface area contributed by atoms with Gasteiger partial charge in [0, 0.05) is 0 Å². The van der Waals surface area contributed by atoms with E-state index in [1.807, 2.05) is 0 Å². The third-order valence-electron chi connectivity index (χ3n) is 3.10. The van der Waals surface area contributed by atoms with Gasteiger partial charge in [0.1, 0.15) is 11.2 Å². The summed E-state index contributed by atoms with van der Waals surface area (Å²) in [5.74, 6) is 0.108. The Balaban J connectivity index is 2.71. The first-order valence-corrected chi connectivity index (χ1v) is 4.66. The van der Waals surface area contributed by atoms with E-state index in [0.29, 0.717) is 18.8 Å². The summed E-state index contributed by atoms with van der Waals surface area (Å²) >= 11 is 0. The third kappa shape index (κ3) is 1.47. The van der Waals surface area contributed by atoms with Crippen LogP contribution in [0.2, 0.25) is 0 Å². The summed E-state index contributed by atoms with van der Waals surface area (Å²) in [7, 11) is 1.34. The minimum absolute atomic E-state index is 0.0518. The van der Waals surface area contributed by atoms with Crippen LogP contribution in [0.5, 0.6) is 0 Å². The second-order valence-electron chi connectivity index (χ2n) is 3.81. The topological polar surface area (TPSA) is 43.4 Å². The van der Waals surface area contributed by atoms with Gasteiger partial charge < -0.3 is 4.74 Å². The van der Waals surface area contributed by atoms with Crippen LogP contribution >= 0.6 is 0 Å². The average molecular weight is 184 g/mol. The van der Waals surface area contributed by atoms with Crippen molar-refractivity contribution >= 4 is 11.8 Å². The summed E-state index contributed by atoms with van der Waals surface area (Å²) in [6, 6.07) is 0. The lowest BCUT2D eigenvalue weighted by atomic mass is 9.59. The summed E-state index contributed by atoms with van der Waals surface area (Å²) in [4.78, 5) is 22.7. The molecule has 0 unspecified atom stereocenters. The molecule has 3 heteroatoms. The van der Waals surface area contributed by atoms with Crippen molar-refractivity contribution in [3.05, 3.63) is 0 Å². The summed E-state index contributed by atoms with van der Waals surface area (Å²) in [5, 5.41) is 0. The molecule has 1 aliphatic rings. The summed E-state index contributed by atoms with van der Waals surface area (Å²) in [6.45, 7) is 3.55. The van der Waals surface area contributed by atoms with Crippen LogP contribution < -0.4 is 0 Å². The van der Waals surface area contributed by atoms with Crippen LogP contribution in [0.15, 0.2) is 0 Å². The Bertz CT molecular complexity index is 226. The molecule has 0 bridgehead atoms. The highest BCUT2D eigenvalue weighted by molar-refractivity contribution is 6.03. The number of rotatable bonds is 3. The fourth-order valence-electron chi connectivity index (χ4n) is 2.01. The Hall–Kier alpha value is -0.860. The van der Waals surface area contributed by atoms with Gasteiger partial charge in [-0.25, -0.2) is 0 Å². The molecule has 74 valence electrons. The van der Waals surface area contributed by atoms with Gasteiger partial charge in [-0.2, -0.15) is 0 Å². The molecule has 0 aromatic heterocycles. The van der Waals surface area contributed by atoms with Crippen LogP contribution in [0.3, 0.4) is 0 Å². The molecule has 0 atom stereocenters. The van der Waals surface area contributed by atoms with E-state index < -0.39 is 5.41 Å². The van der Waals surface area contributed by atoms with Gasteiger partial charge in [-0.05, 0) is 25.7 Å². The van der Waals surface area contributed by atoms with E-state index >= 15 is 0 Å². The molecule has 0 aliphatic heterocycles. The number of esters is 1. The van der Waals surface area contributed by atoms with E-state index in [4.69, 9.17) is 0 Å². The maximum Gasteiger partial charge on any atom is 0.319 e. The highest BCUT2D eigenvalue weighted by Gasteiger charge is 2.53. The van der Waals surface area contributed by atoms with E-state index in [9.17, 15) is 9.59 Å². The number of hydrogen-bond acceptors (Lipinski definition) is 3. The third-order valence-corrected chi connectivity index (χ3v) is 3.10. The molecule has 0 heterocycles. The molecule has 0 N–H and O–H groups in total. The highest BCUT2D eigenvalue weighted by atomic mass is 16.5. The van der Waals surface area contributed by atoms with E-state index in [1.165, 1.54) is 14.0 Å². The van der Waals surface area contributed by atoms with E-state index in [1.54, 1.807) is 0 Å². The van der Waals surface area contributed by atoms with Crippen molar-refractivity contribution in [2.45, 2.75) is 33.1 Å². The molecule has 0 radical (unpaired) electrons. The summed E-state index contributed by atoms with van der Waals surface area (Å²) in [5.41, 5.74) is -0.796. The van der Waals surface area contributed by atoms with Gasteiger partial charge in [0.25, 0.3) is 0 Å². The fourth-order valence-corrected chi connectivity index (χ4v) is 2.01. The molecule has 13 heavy (non-hydrogen) atoms. The zero-order valence-electron chi connectivity index (χ0n) is 8.42. The van der Waals surface area contributed by atoms with Gasteiger partial charge in [0.15, 0.2) is 0 Å². The highest BCUT2D eigenvalue weighted by Crippen LogP contribution is 2.48. The molecular weight excluding hydrogens is 168 g/mol. The van der Waals surface area contributed by atoms with Crippen molar-refractivity contribution in [3.8, 4) is 0 Å². The first-order chi connectivity index (χ1) is 6.06. The van der Waals surface area contributed by atoms with E-state index in [0.717, 1.165) is 6.42 Å². The number of ether oxygens (including phenoxy) is 1. The number of hydrogen-bond donors (Lipinski definition) is 0. The Labute approximate surface area is 78.5 Å². The molecule has 0 spiro atoms. The first-order valence-electron chi connectivity index (χ1n) is 4.66. The molecule has 0 amide bonds. The van der Waals surface area contributed by atoms with Gasteiger partial charge in [-0.15, -0.1) is 0 Å². The predicted octanol–water partition coefficient (Wildman–Crippen LogP) is 1.55. The molecule has 1 saturated carbocycles. The van der Waals surface area contributed by atoms with E-state index in [-0.39, 0.29) is 11.8 Å². The maximum atomic E-state index is 11.4. The zero-order valence-corrected chi connectivity index (χ0v) is 8.42. The first kappa shape index (κ1) is 10.2. The fraction of sp³-hybridized carbons (Fsp3) is 0.800. The normalized spacial score (nSPS) is 32.1. The van der Waals surface area contributed by atoms with Gasteiger partial charge in [0.05, 0.1) is 7.11 Å². The molecule has 1 aliphatic carbocycles. The minimum Gasteiger partial charge on any atom is -0.468 e. The van der Waals surface area contributed by atoms with Crippen LogP contribution in [0.1, 0.15) is 33.1 Å². The lowest BCUT2D eigenvalue weighted by molar-refractivity contribution is -0.167. The number of ketones is 1. The predicted molar refractivity (Wildman–Crippen MR) is 48.1 cm³/mol. The number of carbonyl (C=O) groups is 2. The minimum atomic E-state index is -0.796. The molecule has 0 saturated heterocycles. The second kappa shape index (κ2) is 3.48. The standard InChI is InChI=1S/C10H16O3/c1-4-8-5-10(6-8,7(2)11)9(12)13-3/h8H,4-6H2,1-3H3. The van der Waals surface area contributed by atoms with Crippen molar-refractivity contribution in [1.82, 2.24) is 0 Å². The maximum absolute atomic E-state index is 11.4. The molecule has 3 nitrogen and oxygen atoms in total. The molecule has 1 rings (SSSR count). The van der Waals surface area contributed by atoms with Crippen molar-refractivity contribution < 1.29 is 14.3 Å². The van der Waals surface area contributed by atoms with Crippen LogP contribution in [0, 0.1) is 11.3 Å². The van der Waals surface area contributed by atoms with Crippen LogP contribution in [0.25, 0.3) is 0 Å². The smallest absolute Gasteiger partial charge is 0.319 e. The average Bonchev–Trinajstić information content (AvgIpc) is 2.02. The molecule has 1 fully saturated rings. The van der Waals surface area contributed by atoms with Gasteiger partial charge >= 0.3 is 5.97 Å². The summed E-state index contributed by atoms with van der Waals surface area (Å²) in [6.07, 6.45) is 2.38. The largest absolute Gasteiger partial charge is 0.468 e. The number of methoxy groups -OCH3 is 1. The quantitative estimate of drug-likeness (QED) is 0.493. The molecule has 0 aromatic rings. The molecule has 0 aromatic carbocycles. The monoisotopic (exact) mass is 184 g/mol. The summed E-state index contributed by atoms with van der Waals surface area (Å²) < 4.78 is 4.65.